The highest BCUT2D eigenvalue weighted by Crippen LogP contribution is 2.27. The molecular formula is C15H24N2OS. The van der Waals surface area contributed by atoms with Gasteiger partial charge in [0.25, 0.3) is 0 Å². The van der Waals surface area contributed by atoms with Crippen LogP contribution in [0.1, 0.15) is 23.6 Å². The van der Waals surface area contributed by atoms with Gasteiger partial charge in [-0.3, -0.25) is 4.90 Å². The lowest BCUT2D eigenvalue weighted by molar-refractivity contribution is 0.218. The number of benzene rings is 1. The van der Waals surface area contributed by atoms with E-state index in [-0.39, 0.29) is 0 Å². The van der Waals surface area contributed by atoms with Crippen LogP contribution >= 0.6 is 11.8 Å². The molecule has 1 aromatic carbocycles. The summed E-state index contributed by atoms with van der Waals surface area (Å²) in [5.74, 6) is 3.44. The first-order chi connectivity index (χ1) is 9.26. The van der Waals surface area contributed by atoms with E-state index in [0.717, 1.165) is 18.8 Å². The summed E-state index contributed by atoms with van der Waals surface area (Å²) in [6.45, 7) is 5.06. The minimum absolute atomic E-state index is 0.336. The van der Waals surface area contributed by atoms with E-state index < -0.39 is 0 Å². The Morgan fingerprint density at radius 1 is 1.37 bits per heavy atom. The standard InChI is InChI=1S/C15H24N2OS/c1-12-10-13(4-5-15(12)18-2)14(11-16)17-6-3-8-19-9-7-17/h4-5,10,14H,3,6-9,11,16H2,1-2H3. The van der Waals surface area contributed by atoms with Crippen molar-refractivity contribution < 1.29 is 4.74 Å². The molecule has 1 aliphatic rings. The van der Waals surface area contributed by atoms with Crippen molar-refractivity contribution in [3.63, 3.8) is 0 Å². The molecule has 106 valence electrons. The zero-order valence-electron chi connectivity index (χ0n) is 11.9. The number of nitrogens with zero attached hydrogens (tertiary/aromatic N) is 1. The van der Waals surface area contributed by atoms with Gasteiger partial charge in [0.1, 0.15) is 5.75 Å². The fourth-order valence-electron chi connectivity index (χ4n) is 2.68. The zero-order valence-corrected chi connectivity index (χ0v) is 12.7. The lowest BCUT2D eigenvalue weighted by Crippen LogP contribution is -2.35. The summed E-state index contributed by atoms with van der Waals surface area (Å²) in [7, 11) is 1.72. The van der Waals surface area contributed by atoms with Gasteiger partial charge in [0.2, 0.25) is 0 Å². The molecule has 19 heavy (non-hydrogen) atoms. The molecule has 1 saturated heterocycles. The predicted molar refractivity (Wildman–Crippen MR) is 83.0 cm³/mol. The Balaban J connectivity index is 2.18. The number of aryl methyl sites for hydroxylation is 1. The van der Waals surface area contributed by atoms with Gasteiger partial charge in [0.05, 0.1) is 7.11 Å². The van der Waals surface area contributed by atoms with Gasteiger partial charge in [0, 0.05) is 24.9 Å². The first-order valence-electron chi connectivity index (χ1n) is 6.92. The highest BCUT2D eigenvalue weighted by Gasteiger charge is 2.20. The van der Waals surface area contributed by atoms with Crippen LogP contribution in [0.4, 0.5) is 0 Å². The Labute approximate surface area is 120 Å². The summed E-state index contributed by atoms with van der Waals surface area (Å²) in [5, 5.41) is 0. The van der Waals surface area contributed by atoms with Gasteiger partial charge in [-0.25, -0.2) is 0 Å². The van der Waals surface area contributed by atoms with Gasteiger partial charge >= 0.3 is 0 Å². The Bertz CT molecular complexity index is 403. The van der Waals surface area contributed by atoms with Crippen molar-refractivity contribution in [3.8, 4) is 5.75 Å². The predicted octanol–water partition coefficient (Wildman–Crippen LogP) is 2.44. The van der Waals surface area contributed by atoms with Crippen LogP contribution in [0.3, 0.4) is 0 Å². The monoisotopic (exact) mass is 280 g/mol. The molecule has 1 aromatic rings. The van der Waals surface area contributed by atoms with Crippen molar-refractivity contribution in [1.29, 1.82) is 0 Å². The largest absolute Gasteiger partial charge is 0.496 e. The lowest BCUT2D eigenvalue weighted by atomic mass is 10.0. The first-order valence-corrected chi connectivity index (χ1v) is 8.08. The Morgan fingerprint density at radius 2 is 2.21 bits per heavy atom. The molecule has 0 radical (unpaired) electrons. The highest BCUT2D eigenvalue weighted by atomic mass is 32.2. The number of rotatable bonds is 4. The van der Waals surface area contributed by atoms with Crippen molar-refractivity contribution in [2.24, 2.45) is 5.73 Å². The van der Waals surface area contributed by atoms with E-state index in [0.29, 0.717) is 12.6 Å². The summed E-state index contributed by atoms with van der Waals surface area (Å²) >= 11 is 2.05. The molecule has 0 bridgehead atoms. The van der Waals surface area contributed by atoms with Crippen LogP contribution < -0.4 is 10.5 Å². The summed E-state index contributed by atoms with van der Waals surface area (Å²) in [6.07, 6.45) is 1.26. The second kappa shape index (κ2) is 7.17. The van der Waals surface area contributed by atoms with E-state index in [4.69, 9.17) is 10.5 Å². The van der Waals surface area contributed by atoms with E-state index in [1.807, 2.05) is 11.8 Å². The van der Waals surface area contributed by atoms with Gasteiger partial charge in [-0.2, -0.15) is 11.8 Å². The van der Waals surface area contributed by atoms with Crippen molar-refractivity contribution in [2.45, 2.75) is 19.4 Å². The van der Waals surface area contributed by atoms with Gasteiger partial charge in [-0.1, -0.05) is 12.1 Å². The molecule has 2 N–H and O–H groups in total. The van der Waals surface area contributed by atoms with Gasteiger partial charge < -0.3 is 10.5 Å². The average Bonchev–Trinajstić information content (AvgIpc) is 2.69. The number of thioether (sulfide) groups is 1. The Kier molecular flexibility index (Phi) is 5.55. The van der Waals surface area contributed by atoms with E-state index in [2.05, 4.69) is 30.0 Å². The van der Waals surface area contributed by atoms with Crippen LogP contribution in [0.15, 0.2) is 18.2 Å². The maximum Gasteiger partial charge on any atom is 0.121 e. The minimum Gasteiger partial charge on any atom is -0.496 e. The van der Waals surface area contributed by atoms with E-state index in [1.54, 1.807) is 7.11 Å². The van der Waals surface area contributed by atoms with Crippen LogP contribution in [-0.4, -0.2) is 43.1 Å². The van der Waals surface area contributed by atoms with Crippen molar-refractivity contribution >= 4 is 11.8 Å². The Morgan fingerprint density at radius 3 is 2.89 bits per heavy atom. The van der Waals surface area contributed by atoms with E-state index in [9.17, 15) is 0 Å². The molecule has 1 unspecified atom stereocenters. The summed E-state index contributed by atoms with van der Waals surface area (Å²) in [5.41, 5.74) is 8.52. The first kappa shape index (κ1) is 14.7. The fourth-order valence-corrected chi connectivity index (χ4v) is 3.58. The third-order valence-electron chi connectivity index (χ3n) is 3.72. The average molecular weight is 280 g/mol. The van der Waals surface area contributed by atoms with Crippen molar-refractivity contribution in [1.82, 2.24) is 4.90 Å². The van der Waals surface area contributed by atoms with Gasteiger partial charge in [0.15, 0.2) is 0 Å². The van der Waals surface area contributed by atoms with Crippen LogP contribution in [-0.2, 0) is 0 Å². The molecule has 0 amide bonds. The summed E-state index contributed by atoms with van der Waals surface area (Å²) in [4.78, 5) is 2.53. The van der Waals surface area contributed by atoms with Crippen LogP contribution in [0.2, 0.25) is 0 Å². The van der Waals surface area contributed by atoms with Gasteiger partial charge in [-0.15, -0.1) is 0 Å². The second-order valence-corrected chi connectivity index (χ2v) is 6.21. The third kappa shape index (κ3) is 3.65. The highest BCUT2D eigenvalue weighted by molar-refractivity contribution is 7.99. The van der Waals surface area contributed by atoms with Crippen molar-refractivity contribution in [3.05, 3.63) is 29.3 Å². The number of nitrogens with two attached hydrogens (primary N) is 1. The molecular weight excluding hydrogens is 256 g/mol. The molecule has 1 aliphatic heterocycles. The van der Waals surface area contributed by atoms with E-state index >= 15 is 0 Å². The smallest absolute Gasteiger partial charge is 0.121 e. The van der Waals surface area contributed by atoms with Crippen LogP contribution in [0.25, 0.3) is 0 Å². The summed E-state index contributed by atoms with van der Waals surface area (Å²) < 4.78 is 5.33. The maximum absolute atomic E-state index is 6.03. The lowest BCUT2D eigenvalue weighted by Gasteiger charge is -2.30. The molecule has 0 aromatic heterocycles. The van der Waals surface area contributed by atoms with Crippen molar-refractivity contribution in [2.75, 3.05) is 38.2 Å². The molecule has 2 rings (SSSR count). The molecule has 3 nitrogen and oxygen atoms in total. The fraction of sp³-hybridized carbons (Fsp3) is 0.600. The van der Waals surface area contributed by atoms with Crippen LogP contribution in [0, 0.1) is 6.92 Å². The molecule has 0 saturated carbocycles. The number of hydrogen-bond acceptors (Lipinski definition) is 4. The zero-order chi connectivity index (χ0) is 13.7. The topological polar surface area (TPSA) is 38.5 Å². The van der Waals surface area contributed by atoms with E-state index in [1.165, 1.54) is 29.1 Å². The molecule has 0 spiro atoms. The van der Waals surface area contributed by atoms with Gasteiger partial charge in [-0.05, 0) is 42.8 Å². The quantitative estimate of drug-likeness (QED) is 0.919. The maximum atomic E-state index is 6.03. The second-order valence-electron chi connectivity index (χ2n) is 4.98. The van der Waals surface area contributed by atoms with Crippen LogP contribution in [0.5, 0.6) is 5.75 Å². The SMILES string of the molecule is COc1ccc(C(CN)N2CCCSCC2)cc1C. The molecule has 1 atom stereocenters. The molecule has 1 heterocycles. The molecule has 0 aliphatic carbocycles. The number of methoxy groups -OCH3 is 1. The third-order valence-corrected chi connectivity index (χ3v) is 4.77. The minimum atomic E-state index is 0.336. The molecule has 1 fully saturated rings. The molecule has 4 heteroatoms. The Hall–Kier alpha value is -0.710. The summed E-state index contributed by atoms with van der Waals surface area (Å²) in [6, 6.07) is 6.76. The number of ether oxygens (including phenoxy) is 1. The normalized spacial score (nSPS) is 18.9. The number of hydrogen-bond donors (Lipinski definition) is 1.